The van der Waals surface area contributed by atoms with Crippen LogP contribution in [0.3, 0.4) is 0 Å². The van der Waals surface area contributed by atoms with Crippen molar-refractivity contribution in [3.05, 3.63) is 18.3 Å². The number of carbonyl (C=O) groups is 2. The molecule has 122 valence electrons. The number of likely N-dealkylation sites (tertiary alicyclic amines) is 1. The molecule has 23 heavy (non-hydrogen) atoms. The number of urea groups is 1. The highest BCUT2D eigenvalue weighted by molar-refractivity contribution is 5.92. The molecule has 0 bridgehead atoms. The minimum absolute atomic E-state index is 0.00721. The van der Waals surface area contributed by atoms with Gasteiger partial charge in [0.05, 0.1) is 5.52 Å². The molecule has 1 aliphatic heterocycles. The molecule has 0 spiro atoms. The van der Waals surface area contributed by atoms with Crippen LogP contribution < -0.4 is 5.32 Å². The number of rotatable bonds is 2. The number of hydrogen-bond donors (Lipinski definition) is 2. The van der Waals surface area contributed by atoms with Crippen LogP contribution in [-0.2, 0) is 4.79 Å². The van der Waals surface area contributed by atoms with E-state index >= 15 is 0 Å². The molecule has 0 saturated carbocycles. The highest BCUT2D eigenvalue weighted by Crippen LogP contribution is 2.20. The zero-order valence-corrected chi connectivity index (χ0v) is 13.2. The summed E-state index contributed by atoms with van der Waals surface area (Å²) in [7, 11) is 3.47. The molecule has 0 aliphatic carbocycles. The van der Waals surface area contributed by atoms with Crippen LogP contribution >= 0.6 is 0 Å². The Balaban J connectivity index is 1.58. The summed E-state index contributed by atoms with van der Waals surface area (Å²) in [6.07, 6.45) is 2.97. The van der Waals surface area contributed by atoms with E-state index in [0.29, 0.717) is 37.5 Å². The Kier molecular flexibility index (Phi) is 4.14. The Morgan fingerprint density at radius 1 is 1.35 bits per heavy atom. The van der Waals surface area contributed by atoms with Gasteiger partial charge in [-0.15, -0.1) is 0 Å². The number of piperidine rings is 1. The minimum Gasteiger partial charge on any atom is -0.331 e. The van der Waals surface area contributed by atoms with E-state index in [1.54, 1.807) is 30.1 Å². The fraction of sp³-hybridized carbons (Fsp3) is 0.467. The summed E-state index contributed by atoms with van der Waals surface area (Å²) in [5.41, 5.74) is 1.36. The molecule has 0 radical (unpaired) electrons. The van der Waals surface area contributed by atoms with Crippen molar-refractivity contribution in [1.82, 2.24) is 24.8 Å². The van der Waals surface area contributed by atoms with Crippen LogP contribution in [-0.4, -0.2) is 63.9 Å². The van der Waals surface area contributed by atoms with Crippen molar-refractivity contribution in [2.75, 3.05) is 32.5 Å². The second-order valence-corrected chi connectivity index (χ2v) is 5.89. The highest BCUT2D eigenvalue weighted by Gasteiger charge is 2.28. The Labute approximate surface area is 133 Å². The van der Waals surface area contributed by atoms with Crippen LogP contribution in [0.1, 0.15) is 12.8 Å². The van der Waals surface area contributed by atoms with Crippen molar-refractivity contribution in [3.63, 3.8) is 0 Å². The number of anilines is 1. The quantitative estimate of drug-likeness (QED) is 0.873. The van der Waals surface area contributed by atoms with E-state index in [1.807, 2.05) is 12.1 Å². The molecule has 2 aromatic rings. The molecule has 8 heteroatoms. The molecule has 1 saturated heterocycles. The van der Waals surface area contributed by atoms with Gasteiger partial charge in [0.2, 0.25) is 11.9 Å². The van der Waals surface area contributed by atoms with E-state index in [2.05, 4.69) is 20.3 Å². The largest absolute Gasteiger partial charge is 0.331 e. The van der Waals surface area contributed by atoms with Crippen LogP contribution in [0.2, 0.25) is 0 Å². The molecule has 8 nitrogen and oxygen atoms in total. The van der Waals surface area contributed by atoms with Gasteiger partial charge in [0.15, 0.2) is 5.65 Å². The maximum absolute atomic E-state index is 12.3. The second-order valence-electron chi connectivity index (χ2n) is 5.89. The van der Waals surface area contributed by atoms with Crippen molar-refractivity contribution in [2.24, 2.45) is 5.92 Å². The molecular weight excluding hydrogens is 296 g/mol. The van der Waals surface area contributed by atoms with E-state index in [0.717, 1.165) is 5.52 Å². The zero-order chi connectivity index (χ0) is 16.4. The number of pyridine rings is 1. The predicted octanol–water partition coefficient (Wildman–Crippen LogP) is 1.29. The summed E-state index contributed by atoms with van der Waals surface area (Å²) in [4.78, 5) is 39.0. The van der Waals surface area contributed by atoms with Crippen molar-refractivity contribution in [3.8, 4) is 0 Å². The van der Waals surface area contributed by atoms with Gasteiger partial charge in [-0.2, -0.15) is 4.98 Å². The summed E-state index contributed by atoms with van der Waals surface area (Å²) in [6, 6.07) is 3.66. The molecular formula is C15H20N6O2. The average Bonchev–Trinajstić information content (AvgIpc) is 2.96. The summed E-state index contributed by atoms with van der Waals surface area (Å²) >= 11 is 0. The number of aromatic amines is 1. The standard InChI is InChI=1S/C15H20N6O2/c1-20(2)15(23)21-8-5-10(6-9-21)13(22)19-14-17-11-4-3-7-16-12(11)18-14/h3-4,7,10H,5-6,8-9H2,1-2H3,(H2,16,17,18,19,22). The smallest absolute Gasteiger partial charge is 0.319 e. The van der Waals surface area contributed by atoms with Crippen molar-refractivity contribution in [2.45, 2.75) is 12.8 Å². The van der Waals surface area contributed by atoms with Crippen LogP contribution in [0.5, 0.6) is 0 Å². The number of carbonyl (C=O) groups excluding carboxylic acids is 2. The molecule has 3 amide bonds. The van der Waals surface area contributed by atoms with Gasteiger partial charge in [0, 0.05) is 39.3 Å². The zero-order valence-electron chi connectivity index (χ0n) is 13.2. The topological polar surface area (TPSA) is 94.2 Å². The molecule has 2 N–H and O–H groups in total. The Bertz CT molecular complexity index is 685. The fourth-order valence-corrected chi connectivity index (χ4v) is 2.74. The number of aromatic nitrogens is 3. The number of nitrogens with one attached hydrogen (secondary N) is 2. The molecule has 0 atom stereocenters. The molecule has 1 fully saturated rings. The molecule has 3 heterocycles. The van der Waals surface area contributed by atoms with Gasteiger partial charge in [-0.3, -0.25) is 10.1 Å². The van der Waals surface area contributed by atoms with Gasteiger partial charge < -0.3 is 14.8 Å². The number of imidazole rings is 1. The average molecular weight is 316 g/mol. The minimum atomic E-state index is -0.109. The third kappa shape index (κ3) is 3.25. The molecule has 1 aliphatic rings. The first kappa shape index (κ1) is 15.3. The Morgan fingerprint density at radius 3 is 2.74 bits per heavy atom. The Morgan fingerprint density at radius 2 is 2.09 bits per heavy atom. The highest BCUT2D eigenvalue weighted by atomic mass is 16.2. The number of hydrogen-bond acceptors (Lipinski definition) is 4. The van der Waals surface area contributed by atoms with Crippen LogP contribution in [0, 0.1) is 5.92 Å². The van der Waals surface area contributed by atoms with Gasteiger partial charge in [0.25, 0.3) is 0 Å². The Hall–Kier alpha value is -2.64. The lowest BCUT2D eigenvalue weighted by Crippen LogP contribution is -2.45. The lowest BCUT2D eigenvalue weighted by molar-refractivity contribution is -0.121. The van der Waals surface area contributed by atoms with E-state index in [9.17, 15) is 9.59 Å². The molecule has 2 aromatic heterocycles. The summed E-state index contributed by atoms with van der Waals surface area (Å²) in [5, 5.41) is 2.81. The molecule has 0 unspecified atom stereocenters. The van der Waals surface area contributed by atoms with E-state index in [1.165, 1.54) is 0 Å². The van der Waals surface area contributed by atoms with E-state index in [4.69, 9.17) is 0 Å². The van der Waals surface area contributed by atoms with E-state index < -0.39 is 0 Å². The van der Waals surface area contributed by atoms with Crippen molar-refractivity contribution < 1.29 is 9.59 Å². The first-order valence-electron chi connectivity index (χ1n) is 7.62. The van der Waals surface area contributed by atoms with Crippen LogP contribution in [0.4, 0.5) is 10.7 Å². The number of amides is 3. The third-order valence-corrected chi connectivity index (χ3v) is 4.02. The second kappa shape index (κ2) is 6.23. The maximum atomic E-state index is 12.3. The van der Waals surface area contributed by atoms with Gasteiger partial charge >= 0.3 is 6.03 Å². The predicted molar refractivity (Wildman–Crippen MR) is 85.9 cm³/mol. The first-order chi connectivity index (χ1) is 11.0. The fourth-order valence-electron chi connectivity index (χ4n) is 2.74. The normalized spacial score (nSPS) is 15.7. The SMILES string of the molecule is CN(C)C(=O)N1CCC(C(=O)Nc2nc3ncccc3[nH]2)CC1. The number of nitrogens with zero attached hydrogens (tertiary/aromatic N) is 4. The monoisotopic (exact) mass is 316 g/mol. The molecule has 0 aromatic carbocycles. The van der Waals surface area contributed by atoms with Crippen LogP contribution in [0.25, 0.3) is 11.2 Å². The third-order valence-electron chi connectivity index (χ3n) is 4.02. The number of fused-ring (bicyclic) bond motifs is 1. The lowest BCUT2D eigenvalue weighted by Gasteiger charge is -2.32. The van der Waals surface area contributed by atoms with Crippen molar-refractivity contribution in [1.29, 1.82) is 0 Å². The van der Waals surface area contributed by atoms with Crippen LogP contribution in [0.15, 0.2) is 18.3 Å². The van der Waals surface area contributed by atoms with E-state index in [-0.39, 0.29) is 17.9 Å². The lowest BCUT2D eigenvalue weighted by atomic mass is 9.96. The van der Waals surface area contributed by atoms with Gasteiger partial charge in [-0.1, -0.05) is 0 Å². The molecule has 3 rings (SSSR count). The van der Waals surface area contributed by atoms with Gasteiger partial charge in [-0.25, -0.2) is 9.78 Å². The van der Waals surface area contributed by atoms with Crippen molar-refractivity contribution >= 4 is 29.1 Å². The summed E-state index contributed by atoms with van der Waals surface area (Å²) in [5.74, 6) is 0.235. The first-order valence-corrected chi connectivity index (χ1v) is 7.62. The maximum Gasteiger partial charge on any atom is 0.319 e. The van der Waals surface area contributed by atoms with Gasteiger partial charge in [-0.05, 0) is 25.0 Å². The summed E-state index contributed by atoms with van der Waals surface area (Å²) < 4.78 is 0. The van der Waals surface area contributed by atoms with Gasteiger partial charge in [0.1, 0.15) is 0 Å². The number of H-pyrrole nitrogens is 1. The summed E-state index contributed by atoms with van der Waals surface area (Å²) in [6.45, 7) is 1.19.